The number of ether oxygens (including phenoxy) is 2. The van der Waals surface area contributed by atoms with E-state index in [9.17, 15) is 24.0 Å². The molecule has 1 fully saturated rings. The third-order valence-electron chi connectivity index (χ3n) is 6.02. The number of fused-ring (bicyclic) bond motifs is 1. The Bertz CT molecular complexity index is 1010. The van der Waals surface area contributed by atoms with E-state index in [1.165, 1.54) is 13.1 Å². The van der Waals surface area contributed by atoms with E-state index < -0.39 is 29.4 Å². The van der Waals surface area contributed by atoms with Gasteiger partial charge in [-0.1, -0.05) is 6.07 Å². The van der Waals surface area contributed by atoms with Crippen LogP contribution in [0.25, 0.3) is 0 Å². The molecule has 2 aliphatic rings. The van der Waals surface area contributed by atoms with Crippen molar-refractivity contribution in [2.24, 2.45) is 0 Å². The van der Waals surface area contributed by atoms with Crippen LogP contribution < -0.4 is 10.1 Å². The standard InChI is InChI=1S/C25H34N4O7/c1-25(2,3)36-24(34)28-12-10-27(11-13-28)14-16-35-19-9-5-7-17-20(19)23(33)29(22(17)32)18(8-6-15-30)21(31)26-4/h5,7,9,15,18H,6,8,10-14,16H2,1-4H3,(H,26,31). The molecule has 11 nitrogen and oxygen atoms in total. The SMILES string of the molecule is CNC(=O)C(CCC=O)N1C(=O)c2cccc(OCCN3CCN(C(=O)OC(C)(C)C)CC3)c2C1=O. The molecule has 0 spiro atoms. The summed E-state index contributed by atoms with van der Waals surface area (Å²) in [4.78, 5) is 66.4. The lowest BCUT2D eigenvalue weighted by Crippen LogP contribution is -2.50. The Morgan fingerprint density at radius 1 is 1.11 bits per heavy atom. The summed E-state index contributed by atoms with van der Waals surface area (Å²) in [5.41, 5.74) is -0.248. The van der Waals surface area contributed by atoms with Crippen LogP contribution in [0, 0.1) is 0 Å². The number of rotatable bonds is 9. The molecule has 1 saturated heterocycles. The first-order chi connectivity index (χ1) is 17.1. The van der Waals surface area contributed by atoms with E-state index in [2.05, 4.69) is 10.2 Å². The number of nitrogens with one attached hydrogen (secondary N) is 1. The van der Waals surface area contributed by atoms with E-state index in [4.69, 9.17) is 9.47 Å². The number of benzene rings is 1. The van der Waals surface area contributed by atoms with Gasteiger partial charge in [-0.2, -0.15) is 0 Å². The topological polar surface area (TPSA) is 126 Å². The Morgan fingerprint density at radius 3 is 2.42 bits per heavy atom. The maximum absolute atomic E-state index is 13.2. The van der Waals surface area contributed by atoms with Crippen molar-refractivity contribution < 1.29 is 33.4 Å². The van der Waals surface area contributed by atoms with Gasteiger partial charge in [0.25, 0.3) is 11.8 Å². The van der Waals surface area contributed by atoms with Gasteiger partial charge in [-0.05, 0) is 39.3 Å². The van der Waals surface area contributed by atoms with Crippen molar-refractivity contribution >= 4 is 30.1 Å². The van der Waals surface area contributed by atoms with E-state index in [1.807, 2.05) is 20.8 Å². The molecule has 0 saturated carbocycles. The quantitative estimate of drug-likeness (QED) is 0.396. The molecule has 0 bridgehead atoms. The Balaban J connectivity index is 1.60. The van der Waals surface area contributed by atoms with Crippen LogP contribution in [0.3, 0.4) is 0 Å². The second-order valence-corrected chi connectivity index (χ2v) is 9.69. The Hall–Kier alpha value is -3.47. The fourth-order valence-electron chi connectivity index (χ4n) is 4.21. The van der Waals surface area contributed by atoms with Gasteiger partial charge < -0.3 is 24.5 Å². The predicted molar refractivity (Wildman–Crippen MR) is 130 cm³/mol. The number of nitrogens with zero attached hydrogens (tertiary/aromatic N) is 3. The average molecular weight is 503 g/mol. The second kappa shape index (κ2) is 11.5. The van der Waals surface area contributed by atoms with Crippen molar-refractivity contribution in [3.05, 3.63) is 29.3 Å². The van der Waals surface area contributed by atoms with E-state index in [0.717, 1.165) is 4.90 Å². The number of piperazine rings is 1. The Kier molecular flexibility index (Phi) is 8.67. The van der Waals surface area contributed by atoms with Gasteiger partial charge in [-0.25, -0.2) is 4.79 Å². The molecule has 1 N–H and O–H groups in total. The summed E-state index contributed by atoms with van der Waals surface area (Å²) >= 11 is 0. The highest BCUT2D eigenvalue weighted by Crippen LogP contribution is 2.33. The molecule has 1 aromatic carbocycles. The molecule has 196 valence electrons. The normalized spacial score (nSPS) is 17.0. The Morgan fingerprint density at radius 2 is 1.81 bits per heavy atom. The van der Waals surface area contributed by atoms with E-state index >= 15 is 0 Å². The number of aldehydes is 1. The minimum absolute atomic E-state index is 0.0377. The number of carbonyl (C=O) groups excluding carboxylic acids is 5. The second-order valence-electron chi connectivity index (χ2n) is 9.69. The number of carbonyl (C=O) groups is 5. The van der Waals surface area contributed by atoms with Crippen LogP contribution >= 0.6 is 0 Å². The van der Waals surface area contributed by atoms with Crippen LogP contribution in [0.15, 0.2) is 18.2 Å². The summed E-state index contributed by atoms with van der Waals surface area (Å²) in [6, 6.07) is 3.69. The average Bonchev–Trinajstić information content (AvgIpc) is 3.09. The third-order valence-corrected chi connectivity index (χ3v) is 6.02. The van der Waals surface area contributed by atoms with Gasteiger partial charge in [0.2, 0.25) is 5.91 Å². The van der Waals surface area contributed by atoms with Gasteiger partial charge in [0.15, 0.2) is 0 Å². The van der Waals surface area contributed by atoms with Crippen LogP contribution in [0.4, 0.5) is 4.79 Å². The van der Waals surface area contributed by atoms with Crippen molar-refractivity contribution in [2.75, 3.05) is 46.4 Å². The maximum Gasteiger partial charge on any atom is 0.410 e. The van der Waals surface area contributed by atoms with Crippen molar-refractivity contribution in [1.29, 1.82) is 0 Å². The molecule has 0 aliphatic carbocycles. The first-order valence-corrected chi connectivity index (χ1v) is 12.1. The van der Waals surface area contributed by atoms with E-state index in [-0.39, 0.29) is 42.4 Å². The third kappa shape index (κ3) is 6.20. The summed E-state index contributed by atoms with van der Waals surface area (Å²) in [6.07, 6.45) is 0.403. The molecular weight excluding hydrogens is 468 g/mol. The maximum atomic E-state index is 13.2. The van der Waals surface area contributed by atoms with Gasteiger partial charge in [-0.3, -0.25) is 24.2 Å². The lowest BCUT2D eigenvalue weighted by Gasteiger charge is -2.35. The molecule has 3 rings (SSSR count). The summed E-state index contributed by atoms with van der Waals surface area (Å²) in [6.45, 7) is 8.74. The number of amides is 4. The van der Waals surface area contributed by atoms with Gasteiger partial charge in [0.1, 0.15) is 30.3 Å². The zero-order valence-electron chi connectivity index (χ0n) is 21.2. The van der Waals surface area contributed by atoms with Gasteiger partial charge in [0.05, 0.1) is 11.1 Å². The smallest absolute Gasteiger partial charge is 0.410 e. The molecule has 4 amide bonds. The van der Waals surface area contributed by atoms with Crippen molar-refractivity contribution in [3.63, 3.8) is 0 Å². The lowest BCUT2D eigenvalue weighted by atomic mass is 10.1. The summed E-state index contributed by atoms with van der Waals surface area (Å²) in [5.74, 6) is -1.44. The first kappa shape index (κ1) is 27.1. The van der Waals surface area contributed by atoms with Crippen LogP contribution in [-0.2, 0) is 14.3 Å². The largest absolute Gasteiger partial charge is 0.491 e. The zero-order valence-corrected chi connectivity index (χ0v) is 21.2. The van der Waals surface area contributed by atoms with Crippen molar-refractivity contribution in [3.8, 4) is 5.75 Å². The fraction of sp³-hybridized carbons (Fsp3) is 0.560. The van der Waals surface area contributed by atoms with Crippen LogP contribution in [0.5, 0.6) is 5.75 Å². The van der Waals surface area contributed by atoms with Gasteiger partial charge in [0, 0.05) is 46.2 Å². The molecule has 2 heterocycles. The summed E-state index contributed by atoms with van der Waals surface area (Å²) in [5, 5.41) is 2.45. The van der Waals surface area contributed by atoms with Crippen molar-refractivity contribution in [2.45, 2.75) is 45.3 Å². The van der Waals surface area contributed by atoms with Gasteiger partial charge >= 0.3 is 6.09 Å². The molecule has 1 unspecified atom stereocenters. The van der Waals surface area contributed by atoms with Crippen LogP contribution in [-0.4, -0.2) is 103 Å². The molecule has 11 heteroatoms. The molecule has 36 heavy (non-hydrogen) atoms. The highest BCUT2D eigenvalue weighted by Gasteiger charge is 2.44. The molecule has 2 aliphatic heterocycles. The van der Waals surface area contributed by atoms with Crippen LogP contribution in [0.2, 0.25) is 0 Å². The minimum atomic E-state index is -1.08. The highest BCUT2D eigenvalue weighted by molar-refractivity contribution is 6.24. The predicted octanol–water partition coefficient (Wildman–Crippen LogP) is 1.31. The van der Waals surface area contributed by atoms with Gasteiger partial charge in [-0.15, -0.1) is 0 Å². The number of hydrogen-bond donors (Lipinski definition) is 1. The Labute approximate surface area is 210 Å². The molecule has 0 radical (unpaired) electrons. The van der Waals surface area contributed by atoms with Crippen molar-refractivity contribution in [1.82, 2.24) is 20.0 Å². The molecule has 0 aromatic heterocycles. The summed E-state index contributed by atoms with van der Waals surface area (Å²) < 4.78 is 11.3. The molecule has 1 aromatic rings. The van der Waals surface area contributed by atoms with E-state index in [0.29, 0.717) is 39.0 Å². The monoisotopic (exact) mass is 502 g/mol. The lowest BCUT2D eigenvalue weighted by molar-refractivity contribution is -0.124. The number of likely N-dealkylation sites (N-methyl/N-ethyl adjacent to an activating group) is 1. The van der Waals surface area contributed by atoms with E-state index in [1.54, 1.807) is 17.0 Å². The first-order valence-electron chi connectivity index (χ1n) is 12.1. The molecular formula is C25H34N4O7. The number of hydrogen-bond acceptors (Lipinski definition) is 8. The van der Waals surface area contributed by atoms with Crippen LogP contribution in [0.1, 0.15) is 54.3 Å². The fourth-order valence-corrected chi connectivity index (χ4v) is 4.21. The summed E-state index contributed by atoms with van der Waals surface area (Å²) in [7, 11) is 1.41. The molecule has 1 atom stereocenters. The zero-order chi connectivity index (χ0) is 26.5. The minimum Gasteiger partial charge on any atom is -0.491 e. The highest BCUT2D eigenvalue weighted by atomic mass is 16.6. The number of imide groups is 1.